The van der Waals surface area contributed by atoms with Crippen LogP contribution < -0.4 is 0 Å². The van der Waals surface area contributed by atoms with Crippen LogP contribution in [0.15, 0.2) is 97.1 Å². The molecule has 0 spiro atoms. The minimum atomic E-state index is -0.694. The molecule has 0 saturated heterocycles. The lowest BCUT2D eigenvalue weighted by molar-refractivity contribution is 0.474. The van der Waals surface area contributed by atoms with Crippen molar-refractivity contribution in [1.82, 2.24) is 0 Å². The lowest BCUT2D eigenvalue weighted by atomic mass is 9.64. The molecule has 0 aliphatic heterocycles. The van der Waals surface area contributed by atoms with Crippen LogP contribution in [0.25, 0.3) is 0 Å². The maximum atomic E-state index is 9.90. The van der Waals surface area contributed by atoms with Crippen molar-refractivity contribution in [2.24, 2.45) is 0 Å². The molecule has 0 unspecified atom stereocenters. The van der Waals surface area contributed by atoms with Crippen molar-refractivity contribution >= 4 is 0 Å². The number of hydrogen-bond donors (Lipinski definition) is 3. The molecule has 0 radical (unpaired) electrons. The number of aryl methyl sites for hydroxylation is 1. The highest BCUT2D eigenvalue weighted by Gasteiger charge is 2.39. The molecule has 4 aromatic rings. The number of phenols is 3. The molecule has 0 amide bonds. The van der Waals surface area contributed by atoms with Crippen LogP contribution in [0.3, 0.4) is 0 Å². The van der Waals surface area contributed by atoms with Gasteiger partial charge in [0.1, 0.15) is 17.2 Å². The van der Waals surface area contributed by atoms with E-state index in [-0.39, 0.29) is 17.2 Å². The Morgan fingerprint density at radius 1 is 0.483 bits per heavy atom. The lowest BCUT2D eigenvalue weighted by Crippen LogP contribution is -2.31. The van der Waals surface area contributed by atoms with E-state index in [1.807, 2.05) is 48.5 Å². The van der Waals surface area contributed by atoms with Gasteiger partial charge in [0.25, 0.3) is 0 Å². The van der Waals surface area contributed by atoms with E-state index in [4.69, 9.17) is 0 Å². The molecule has 0 aliphatic rings. The van der Waals surface area contributed by atoms with Gasteiger partial charge in [-0.05, 0) is 71.1 Å². The van der Waals surface area contributed by atoms with Gasteiger partial charge in [-0.25, -0.2) is 0 Å². The van der Waals surface area contributed by atoms with Gasteiger partial charge in [-0.3, -0.25) is 0 Å². The Balaban J connectivity index is 2.15. The van der Waals surface area contributed by atoms with Gasteiger partial charge in [-0.2, -0.15) is 0 Å². The standard InChI is InChI=1S/C26H22O3/c1-18-4-2-3-5-25(18)26(19-6-12-22(27)13-7-19,20-8-14-23(28)15-9-20)21-10-16-24(29)17-11-21/h2-17,27-29H,1H3. The van der Waals surface area contributed by atoms with Gasteiger partial charge in [-0.15, -0.1) is 0 Å². The zero-order valence-electron chi connectivity index (χ0n) is 16.1. The predicted molar refractivity (Wildman–Crippen MR) is 114 cm³/mol. The molecule has 0 bridgehead atoms. The van der Waals surface area contributed by atoms with Crippen LogP contribution in [0.5, 0.6) is 17.2 Å². The summed E-state index contributed by atoms with van der Waals surface area (Å²) in [6.07, 6.45) is 0. The zero-order valence-corrected chi connectivity index (χ0v) is 16.1. The van der Waals surface area contributed by atoms with Gasteiger partial charge >= 0.3 is 0 Å². The fourth-order valence-electron chi connectivity index (χ4n) is 4.09. The summed E-state index contributed by atoms with van der Waals surface area (Å²) >= 11 is 0. The number of phenolic OH excluding ortho intramolecular Hbond substituents is 3. The molecule has 4 aromatic carbocycles. The molecule has 29 heavy (non-hydrogen) atoms. The Morgan fingerprint density at radius 3 is 1.17 bits per heavy atom. The number of hydrogen-bond acceptors (Lipinski definition) is 3. The lowest BCUT2D eigenvalue weighted by Gasteiger charge is -2.38. The van der Waals surface area contributed by atoms with Crippen molar-refractivity contribution in [2.75, 3.05) is 0 Å². The summed E-state index contributed by atoms with van der Waals surface area (Å²) in [6, 6.07) is 29.8. The number of benzene rings is 4. The Hall–Kier alpha value is -3.72. The van der Waals surface area contributed by atoms with Crippen LogP contribution in [0, 0.1) is 6.92 Å². The molecule has 0 atom stereocenters. The second-order valence-corrected chi connectivity index (χ2v) is 7.21. The molecule has 0 fully saturated rings. The van der Waals surface area contributed by atoms with Crippen LogP contribution in [-0.2, 0) is 5.41 Å². The van der Waals surface area contributed by atoms with Crippen LogP contribution in [0.4, 0.5) is 0 Å². The van der Waals surface area contributed by atoms with E-state index in [2.05, 4.69) is 19.1 Å². The Kier molecular flexibility index (Phi) is 4.73. The first kappa shape index (κ1) is 18.6. The van der Waals surface area contributed by atoms with Gasteiger partial charge in [0.2, 0.25) is 0 Å². The molecular weight excluding hydrogens is 360 g/mol. The van der Waals surface area contributed by atoms with Crippen molar-refractivity contribution in [3.05, 3.63) is 125 Å². The number of aromatic hydroxyl groups is 3. The van der Waals surface area contributed by atoms with E-state index in [9.17, 15) is 15.3 Å². The molecule has 3 N–H and O–H groups in total. The van der Waals surface area contributed by atoms with Crippen LogP contribution in [0.2, 0.25) is 0 Å². The van der Waals surface area contributed by atoms with Crippen molar-refractivity contribution in [3.63, 3.8) is 0 Å². The summed E-state index contributed by atoms with van der Waals surface area (Å²) in [7, 11) is 0. The fraction of sp³-hybridized carbons (Fsp3) is 0.0769. The van der Waals surface area contributed by atoms with Gasteiger partial charge in [0, 0.05) is 0 Å². The Bertz CT molecular complexity index is 1000. The van der Waals surface area contributed by atoms with Crippen molar-refractivity contribution < 1.29 is 15.3 Å². The molecular formula is C26H22O3. The van der Waals surface area contributed by atoms with Crippen LogP contribution >= 0.6 is 0 Å². The second-order valence-electron chi connectivity index (χ2n) is 7.21. The smallest absolute Gasteiger partial charge is 0.115 e. The molecule has 0 aromatic heterocycles. The van der Waals surface area contributed by atoms with Crippen molar-refractivity contribution in [1.29, 1.82) is 0 Å². The predicted octanol–water partition coefficient (Wildman–Crippen LogP) is 5.49. The maximum Gasteiger partial charge on any atom is 0.115 e. The average molecular weight is 382 g/mol. The van der Waals surface area contributed by atoms with Crippen molar-refractivity contribution in [2.45, 2.75) is 12.3 Å². The highest BCUT2D eigenvalue weighted by Crippen LogP contribution is 2.47. The monoisotopic (exact) mass is 382 g/mol. The molecule has 0 heterocycles. The first-order valence-corrected chi connectivity index (χ1v) is 9.46. The van der Waals surface area contributed by atoms with E-state index in [1.54, 1.807) is 36.4 Å². The van der Waals surface area contributed by atoms with E-state index in [1.165, 1.54) is 0 Å². The SMILES string of the molecule is Cc1ccccc1C(c1ccc(O)cc1)(c1ccc(O)cc1)c1ccc(O)cc1. The maximum absolute atomic E-state index is 9.90. The van der Waals surface area contributed by atoms with Gasteiger partial charge < -0.3 is 15.3 Å². The summed E-state index contributed by atoms with van der Waals surface area (Å²) in [6.45, 7) is 2.07. The largest absolute Gasteiger partial charge is 0.508 e. The first-order chi connectivity index (χ1) is 14.0. The fourth-order valence-corrected chi connectivity index (χ4v) is 4.09. The van der Waals surface area contributed by atoms with E-state index in [0.717, 1.165) is 27.8 Å². The highest BCUT2D eigenvalue weighted by atomic mass is 16.3. The van der Waals surface area contributed by atoms with E-state index in [0.29, 0.717) is 0 Å². The first-order valence-electron chi connectivity index (χ1n) is 9.46. The third-order valence-electron chi connectivity index (χ3n) is 5.45. The summed E-state index contributed by atoms with van der Waals surface area (Å²) in [5, 5.41) is 29.7. The summed E-state index contributed by atoms with van der Waals surface area (Å²) in [4.78, 5) is 0. The molecule has 0 aliphatic carbocycles. The van der Waals surface area contributed by atoms with Crippen molar-refractivity contribution in [3.8, 4) is 17.2 Å². The van der Waals surface area contributed by atoms with Gasteiger partial charge in [0.15, 0.2) is 0 Å². The van der Waals surface area contributed by atoms with E-state index >= 15 is 0 Å². The van der Waals surface area contributed by atoms with Gasteiger partial charge in [0.05, 0.1) is 5.41 Å². The molecule has 0 saturated carbocycles. The quantitative estimate of drug-likeness (QED) is 0.409. The summed E-state index contributed by atoms with van der Waals surface area (Å²) in [5.41, 5.74) is 4.42. The third-order valence-corrected chi connectivity index (χ3v) is 5.45. The minimum Gasteiger partial charge on any atom is -0.508 e. The topological polar surface area (TPSA) is 60.7 Å². The zero-order chi connectivity index (χ0) is 20.4. The second kappa shape index (κ2) is 7.36. The molecule has 144 valence electrons. The highest BCUT2D eigenvalue weighted by molar-refractivity contribution is 5.62. The molecule has 4 rings (SSSR count). The average Bonchev–Trinajstić information content (AvgIpc) is 2.73. The summed E-state index contributed by atoms with van der Waals surface area (Å²) < 4.78 is 0. The molecule has 3 heteroatoms. The normalized spacial score (nSPS) is 11.3. The Morgan fingerprint density at radius 2 is 0.828 bits per heavy atom. The van der Waals surface area contributed by atoms with E-state index < -0.39 is 5.41 Å². The van der Waals surface area contributed by atoms with Crippen LogP contribution in [0.1, 0.15) is 27.8 Å². The summed E-state index contributed by atoms with van der Waals surface area (Å²) in [5.74, 6) is 0.594. The minimum absolute atomic E-state index is 0.198. The third kappa shape index (κ3) is 3.21. The molecule has 3 nitrogen and oxygen atoms in total. The number of rotatable bonds is 4. The van der Waals surface area contributed by atoms with Crippen LogP contribution in [-0.4, -0.2) is 15.3 Å². The van der Waals surface area contributed by atoms with Gasteiger partial charge in [-0.1, -0.05) is 60.7 Å². The Labute approximate surface area is 170 Å².